The van der Waals surface area contributed by atoms with Gasteiger partial charge in [0.2, 0.25) is 23.6 Å². The van der Waals surface area contributed by atoms with Crippen LogP contribution in [0.25, 0.3) is 27.6 Å². The van der Waals surface area contributed by atoms with Crippen LogP contribution >= 0.6 is 0 Å². The van der Waals surface area contributed by atoms with Gasteiger partial charge in [-0.1, -0.05) is 86.1 Å². The number of nitrogens with one attached hydrogen (secondary N) is 4. The van der Waals surface area contributed by atoms with Gasteiger partial charge in [-0.2, -0.15) is 0 Å². The van der Waals surface area contributed by atoms with E-state index in [1.807, 2.05) is 26.0 Å². The van der Waals surface area contributed by atoms with Crippen molar-refractivity contribution in [2.45, 2.75) is 72.3 Å². The van der Waals surface area contributed by atoms with Gasteiger partial charge in [-0.05, 0) is 124 Å². The molecule has 2 aromatic heterocycles. The van der Waals surface area contributed by atoms with Crippen LogP contribution in [0.3, 0.4) is 0 Å². The van der Waals surface area contributed by atoms with E-state index in [0.717, 1.165) is 0 Å². The molecule has 8 bridgehead atoms. The smallest absolute Gasteiger partial charge is 0.674 e. The second-order valence-corrected chi connectivity index (χ2v) is 25.6. The van der Waals surface area contributed by atoms with Gasteiger partial charge < -0.3 is 74.4 Å². The number of carbonyl (C=O) groups excluding carboxylic acids is 8. The summed E-state index contributed by atoms with van der Waals surface area (Å²) in [6.45, 7) is 7.85. The number of anilines is 4. The SMILES string of the molecule is CCCOC(=O)C1CC1C(=O)Nc1cccc(NC(=O)C2C[C@@H]2C(=O)OCCC)c1/C1=C2\C=CC([N-]2)/C(c2c(OC)cccc2OC)=c2/cc/c([n-]2)=C(\c2c(NC(=O)[C@@H]3CC3C(=O)OCC)cccc2NC(=O)[C@@H]2C[C@@H]2C(=O)OCC)C2=N/C(=C(/c3c(OC)cccc3OC)c3ccc1[n-]3)C=C2.[Co+3]. The molecule has 4 fully saturated rings. The number of esters is 4. The maximum atomic E-state index is 14.7. The average Bonchev–Trinajstić information content (AvgIpc) is 1.64. The molecule has 4 aromatic carbocycles. The number of methoxy groups -OCH3 is 4. The van der Waals surface area contributed by atoms with Crippen LogP contribution in [-0.2, 0) is 74.1 Å². The molecule has 6 aromatic rings. The van der Waals surface area contributed by atoms with E-state index in [1.165, 1.54) is 28.4 Å². The molecule has 0 radical (unpaired) electrons. The first-order chi connectivity index (χ1) is 49.5. The van der Waals surface area contributed by atoms with Gasteiger partial charge in [0, 0.05) is 16.7 Å². The van der Waals surface area contributed by atoms with Crippen molar-refractivity contribution in [3.63, 3.8) is 0 Å². The Morgan fingerprint density at radius 3 is 1.25 bits per heavy atom. The van der Waals surface area contributed by atoms with E-state index in [-0.39, 0.29) is 108 Å². The van der Waals surface area contributed by atoms with Crippen LogP contribution < -0.4 is 60.9 Å². The Balaban J connectivity index is 0.00001000. The summed E-state index contributed by atoms with van der Waals surface area (Å²) in [4.78, 5) is 128. The first-order valence-corrected chi connectivity index (χ1v) is 34.3. The van der Waals surface area contributed by atoms with E-state index in [4.69, 9.17) is 58.2 Å². The molecule has 25 heteroatoms. The van der Waals surface area contributed by atoms with Gasteiger partial charge >= 0.3 is 40.7 Å². The number of amides is 4. The molecule has 534 valence electrons. The molecule has 5 unspecified atom stereocenters. The minimum atomic E-state index is -0.946. The van der Waals surface area contributed by atoms with E-state index in [1.54, 1.807) is 123 Å². The fourth-order valence-corrected chi connectivity index (χ4v) is 13.5. The van der Waals surface area contributed by atoms with Crippen LogP contribution in [-0.4, -0.2) is 114 Å². The fourth-order valence-electron chi connectivity index (χ4n) is 13.5. The van der Waals surface area contributed by atoms with Crippen molar-refractivity contribution in [2.75, 3.05) is 76.1 Å². The summed E-state index contributed by atoms with van der Waals surface area (Å²) in [6, 6.07) is 27.0. The molecule has 4 amide bonds. The summed E-state index contributed by atoms with van der Waals surface area (Å²) in [5.74, 6) is -7.94. The first kappa shape index (κ1) is 71.9. The number of carbonyl (C=O) groups is 8. The Morgan fingerprint density at radius 1 is 0.427 bits per heavy atom. The van der Waals surface area contributed by atoms with E-state index < -0.39 is 101 Å². The van der Waals surface area contributed by atoms with Gasteiger partial charge in [0.05, 0.1) is 147 Å². The maximum absolute atomic E-state index is 14.7. The van der Waals surface area contributed by atoms with Gasteiger partial charge in [0.25, 0.3) is 0 Å². The summed E-state index contributed by atoms with van der Waals surface area (Å²) in [5, 5.41) is 18.7. The number of hydrogen-bond acceptors (Lipinski definition) is 17. The Labute approximate surface area is 604 Å². The minimum Gasteiger partial charge on any atom is -0.674 e. The molecule has 4 saturated carbocycles. The van der Waals surface area contributed by atoms with Crippen molar-refractivity contribution in [3.05, 3.63) is 182 Å². The molecule has 24 nitrogen and oxygen atoms in total. The normalized spacial score (nSPS) is 23.8. The van der Waals surface area contributed by atoms with Gasteiger partial charge in [0.1, 0.15) is 23.0 Å². The average molecular weight is 1440 g/mol. The predicted octanol–water partition coefficient (Wildman–Crippen LogP) is 8.92. The monoisotopic (exact) mass is 1440 g/mol. The van der Waals surface area contributed by atoms with Gasteiger partial charge in [-0.3, -0.25) is 38.4 Å². The molecule has 103 heavy (non-hydrogen) atoms. The number of nitrogens with zero attached hydrogens (tertiary/aromatic N) is 4. The Kier molecular flexibility index (Phi) is 21.4. The summed E-state index contributed by atoms with van der Waals surface area (Å²) >= 11 is 0. The summed E-state index contributed by atoms with van der Waals surface area (Å²) in [7, 11) is 6.11. The van der Waals surface area contributed by atoms with Crippen LogP contribution in [0.2, 0.25) is 0 Å². The minimum absolute atomic E-state index is 0. The van der Waals surface area contributed by atoms with E-state index in [9.17, 15) is 38.4 Å². The second kappa shape index (κ2) is 30.7. The number of ether oxygens (including phenoxy) is 8. The van der Waals surface area contributed by atoms with E-state index >= 15 is 0 Å². The number of rotatable bonds is 26. The first-order valence-electron chi connectivity index (χ1n) is 34.3. The fraction of sp³-hybridized carbons (Fsp3) is 0.346. The third-order valence-corrected chi connectivity index (χ3v) is 19.0. The molecule has 5 heterocycles. The molecular formula is C78H77CoN8O16. The third kappa shape index (κ3) is 14.5. The molecule has 0 saturated heterocycles. The topological polar surface area (TPSA) is 313 Å². The van der Waals surface area contributed by atoms with Crippen molar-refractivity contribution in [1.29, 1.82) is 0 Å². The number of hydrogen-bond donors (Lipinski definition) is 4. The van der Waals surface area contributed by atoms with Crippen molar-refractivity contribution >= 4 is 98.3 Å². The summed E-state index contributed by atoms with van der Waals surface area (Å²) in [5.41, 5.74) is 5.43. The molecule has 4 aliphatic carbocycles. The zero-order valence-corrected chi connectivity index (χ0v) is 59.0. The van der Waals surface area contributed by atoms with E-state index in [0.29, 0.717) is 103 Å². The van der Waals surface area contributed by atoms with E-state index in [2.05, 4.69) is 21.3 Å². The standard InChI is InChI=1S/C78H80N8O16.Co/c1-9-33-101-77(93)45-37-41(45)73(89)85-49-19-14-20-50(86-74(90)42-38-46(42)78(94)102-34-10-2)64(49)66-53-27-31-57(81-53)67(69-59(95-5)21-15-22-60(69)96-6)55-29-25-51(79-55)65(52-26-30-56(80-52)68(58-32-28-54(66)82-58)70-61(97-7)23-16-24-62(70)98-8)63-47(83-71(87)39-35-43(39)75(91)99-11-3)17-13-18-48(63)84-72(88)40-36-44(40)76(92)100-12-4;/h13-32,39-46,57H,9-12,33-38H2,1-8H3,(H7,79,80,81,82,83,84,85,86,87,88,89,90);/q;+3/p-3/b67-55+;/t39-,40-,41?,42?,43+,44?,45+,46?,57?;/m1./s1. The Morgan fingerprint density at radius 2 is 0.825 bits per heavy atom. The van der Waals surface area contributed by atoms with Crippen LogP contribution in [0.5, 0.6) is 23.0 Å². The largest absolute Gasteiger partial charge is 3.00 e. The van der Waals surface area contributed by atoms with Gasteiger partial charge in [-0.25, -0.2) is 4.99 Å². The Bertz CT molecular complexity index is 4560. The van der Waals surface area contributed by atoms with Crippen molar-refractivity contribution < 1.29 is 93.0 Å². The molecule has 0 spiro atoms. The second-order valence-electron chi connectivity index (χ2n) is 25.6. The number of aliphatic imine (C=N–C) groups is 1. The molecule has 9 atom stereocenters. The quantitative estimate of drug-likeness (QED) is 0.0291. The van der Waals surface area contributed by atoms with Crippen LogP contribution in [0.1, 0.15) is 99.9 Å². The predicted molar refractivity (Wildman–Crippen MR) is 377 cm³/mol. The number of allylic oxidation sites excluding steroid dienone is 3. The Hall–Kier alpha value is -10.9. The third-order valence-electron chi connectivity index (χ3n) is 19.0. The van der Waals surface area contributed by atoms with Crippen LogP contribution in [0, 0.1) is 47.3 Å². The molecular weight excluding hydrogens is 1360 g/mol. The van der Waals surface area contributed by atoms with Crippen molar-refractivity contribution in [2.24, 2.45) is 52.3 Å². The number of fused-ring (bicyclic) bond motifs is 7. The van der Waals surface area contributed by atoms with Gasteiger partial charge in [-0.15, -0.1) is 27.8 Å². The molecule has 3 aliphatic heterocycles. The maximum Gasteiger partial charge on any atom is 3.00 e. The van der Waals surface area contributed by atoms with Crippen LogP contribution in [0.15, 0.2) is 138 Å². The van der Waals surface area contributed by atoms with Crippen molar-refractivity contribution in [1.82, 2.24) is 9.97 Å². The number of aromatic nitrogens is 2. The summed E-state index contributed by atoms with van der Waals surface area (Å²) in [6.07, 6.45) is 9.45. The van der Waals surface area contributed by atoms with Crippen molar-refractivity contribution in [3.8, 4) is 23.0 Å². The zero-order chi connectivity index (χ0) is 71.6. The summed E-state index contributed by atoms with van der Waals surface area (Å²) < 4.78 is 46.3. The molecule has 7 aliphatic rings. The zero-order valence-electron chi connectivity index (χ0n) is 58.0. The molecule has 4 N–H and O–H groups in total. The molecule has 13 rings (SSSR count). The number of benzene rings is 4. The van der Waals surface area contributed by atoms with Crippen LogP contribution in [0.4, 0.5) is 22.7 Å². The van der Waals surface area contributed by atoms with Gasteiger partial charge in [0.15, 0.2) is 0 Å².